The molecule has 1 N–H and O–H groups in total. The molecular weight excluding hydrogens is 345 g/mol. The first kappa shape index (κ1) is 17.1. The van der Waals surface area contributed by atoms with Crippen LogP contribution in [0.4, 0.5) is 4.39 Å². The van der Waals surface area contributed by atoms with Crippen LogP contribution in [-0.4, -0.2) is 15.7 Å². The molecular formula is C18H15ClFN3O2. The van der Waals surface area contributed by atoms with Gasteiger partial charge in [-0.05, 0) is 42.8 Å². The summed E-state index contributed by atoms with van der Waals surface area (Å²) in [6.07, 6.45) is 0. The van der Waals surface area contributed by atoms with E-state index in [1.807, 2.05) is 6.92 Å². The van der Waals surface area contributed by atoms with Crippen molar-refractivity contribution in [1.29, 1.82) is 0 Å². The van der Waals surface area contributed by atoms with Crippen LogP contribution in [0, 0.1) is 5.82 Å². The highest BCUT2D eigenvalue weighted by molar-refractivity contribution is 6.31. The lowest BCUT2D eigenvalue weighted by atomic mass is 10.2. The molecule has 3 rings (SSSR count). The van der Waals surface area contributed by atoms with Gasteiger partial charge in [0.2, 0.25) is 5.43 Å². The van der Waals surface area contributed by atoms with E-state index in [2.05, 4.69) is 10.4 Å². The summed E-state index contributed by atoms with van der Waals surface area (Å²) in [5, 5.41) is 7.56. The Bertz CT molecular complexity index is 1000. The molecule has 1 heterocycles. The molecule has 0 bridgehead atoms. The number of aryl methyl sites for hydroxylation is 1. The molecule has 1 amide bonds. The van der Waals surface area contributed by atoms with Crippen LogP contribution in [0.15, 0.2) is 47.3 Å². The van der Waals surface area contributed by atoms with Crippen molar-refractivity contribution >= 4 is 28.4 Å². The van der Waals surface area contributed by atoms with Crippen molar-refractivity contribution in [3.05, 3.63) is 74.8 Å². The fourth-order valence-electron chi connectivity index (χ4n) is 2.52. The zero-order chi connectivity index (χ0) is 18.0. The van der Waals surface area contributed by atoms with Crippen LogP contribution in [0.1, 0.15) is 23.0 Å². The Hall–Kier alpha value is -2.73. The molecule has 128 valence electrons. The summed E-state index contributed by atoms with van der Waals surface area (Å²) >= 11 is 5.97. The number of carbonyl (C=O) groups is 1. The van der Waals surface area contributed by atoms with E-state index in [9.17, 15) is 14.0 Å². The van der Waals surface area contributed by atoms with Gasteiger partial charge in [0.1, 0.15) is 5.82 Å². The van der Waals surface area contributed by atoms with Crippen molar-refractivity contribution in [2.24, 2.45) is 0 Å². The highest BCUT2D eigenvalue weighted by atomic mass is 35.5. The van der Waals surface area contributed by atoms with Crippen LogP contribution in [0.3, 0.4) is 0 Å². The number of nitrogens with zero attached hydrogens (tertiary/aromatic N) is 2. The van der Waals surface area contributed by atoms with Gasteiger partial charge in [0, 0.05) is 18.1 Å². The summed E-state index contributed by atoms with van der Waals surface area (Å²) in [7, 11) is 0. The minimum Gasteiger partial charge on any atom is -0.346 e. The summed E-state index contributed by atoms with van der Waals surface area (Å²) in [6, 6.07) is 10.6. The van der Waals surface area contributed by atoms with Crippen LogP contribution in [0.2, 0.25) is 5.02 Å². The van der Waals surface area contributed by atoms with Crippen molar-refractivity contribution in [1.82, 2.24) is 15.1 Å². The van der Waals surface area contributed by atoms with E-state index >= 15 is 0 Å². The molecule has 0 aliphatic heterocycles. The molecule has 0 radical (unpaired) electrons. The Balaban J connectivity index is 1.94. The van der Waals surface area contributed by atoms with E-state index in [1.54, 1.807) is 28.9 Å². The van der Waals surface area contributed by atoms with Crippen LogP contribution < -0.4 is 10.7 Å². The molecule has 7 heteroatoms. The van der Waals surface area contributed by atoms with Crippen molar-refractivity contribution in [3.63, 3.8) is 0 Å². The van der Waals surface area contributed by atoms with Gasteiger partial charge in [-0.2, -0.15) is 5.10 Å². The number of carbonyl (C=O) groups excluding carboxylic acids is 1. The van der Waals surface area contributed by atoms with Crippen molar-refractivity contribution in [3.8, 4) is 0 Å². The number of halogens is 2. The number of amides is 1. The lowest BCUT2D eigenvalue weighted by Gasteiger charge is -2.11. The average molecular weight is 360 g/mol. The molecule has 0 aliphatic rings. The number of rotatable bonds is 4. The van der Waals surface area contributed by atoms with Gasteiger partial charge in [-0.25, -0.2) is 4.39 Å². The molecule has 25 heavy (non-hydrogen) atoms. The third kappa shape index (κ3) is 3.53. The maximum absolute atomic E-state index is 12.9. The molecule has 1 aromatic heterocycles. The smallest absolute Gasteiger partial charge is 0.276 e. The van der Waals surface area contributed by atoms with E-state index in [0.29, 0.717) is 22.5 Å². The second kappa shape index (κ2) is 7.03. The van der Waals surface area contributed by atoms with Crippen molar-refractivity contribution in [2.75, 3.05) is 0 Å². The Morgan fingerprint density at radius 1 is 1.24 bits per heavy atom. The van der Waals surface area contributed by atoms with Gasteiger partial charge in [-0.3, -0.25) is 14.3 Å². The maximum atomic E-state index is 12.9. The molecule has 0 atom stereocenters. The van der Waals surface area contributed by atoms with Gasteiger partial charge >= 0.3 is 0 Å². The molecule has 2 aromatic carbocycles. The normalized spacial score (nSPS) is 10.8. The third-order valence-corrected chi connectivity index (χ3v) is 4.03. The number of nitrogens with one attached hydrogen (secondary N) is 1. The first-order valence-corrected chi connectivity index (χ1v) is 8.10. The zero-order valence-electron chi connectivity index (χ0n) is 13.4. The van der Waals surface area contributed by atoms with Gasteiger partial charge in [-0.15, -0.1) is 0 Å². The Morgan fingerprint density at radius 3 is 2.64 bits per heavy atom. The Morgan fingerprint density at radius 2 is 1.96 bits per heavy atom. The highest BCUT2D eigenvalue weighted by Gasteiger charge is 2.17. The highest BCUT2D eigenvalue weighted by Crippen LogP contribution is 2.16. The lowest BCUT2D eigenvalue weighted by Crippen LogP contribution is -2.31. The fraction of sp³-hybridized carbons (Fsp3) is 0.167. The maximum Gasteiger partial charge on any atom is 0.276 e. The summed E-state index contributed by atoms with van der Waals surface area (Å²) in [4.78, 5) is 25.0. The minimum atomic E-state index is -0.585. The number of benzene rings is 2. The van der Waals surface area contributed by atoms with Crippen LogP contribution in [0.5, 0.6) is 0 Å². The van der Waals surface area contributed by atoms with E-state index < -0.39 is 11.3 Å². The molecule has 0 fully saturated rings. The second-order valence-electron chi connectivity index (χ2n) is 5.46. The van der Waals surface area contributed by atoms with Gasteiger partial charge in [0.25, 0.3) is 5.91 Å². The van der Waals surface area contributed by atoms with Gasteiger partial charge in [0.05, 0.1) is 10.9 Å². The quantitative estimate of drug-likeness (QED) is 0.778. The van der Waals surface area contributed by atoms with E-state index in [-0.39, 0.29) is 18.1 Å². The fourth-order valence-corrected chi connectivity index (χ4v) is 2.69. The average Bonchev–Trinajstić information content (AvgIpc) is 2.61. The Labute approximate surface area is 148 Å². The number of fused-ring (bicyclic) bond motifs is 1. The summed E-state index contributed by atoms with van der Waals surface area (Å²) in [5.74, 6) is -0.938. The summed E-state index contributed by atoms with van der Waals surface area (Å²) in [6.45, 7) is 2.53. The number of aromatic nitrogens is 2. The predicted molar refractivity (Wildman–Crippen MR) is 94.3 cm³/mol. The molecule has 0 unspecified atom stereocenters. The van der Waals surface area contributed by atoms with E-state index in [0.717, 1.165) is 5.56 Å². The monoisotopic (exact) mass is 359 g/mol. The largest absolute Gasteiger partial charge is 0.346 e. The first-order chi connectivity index (χ1) is 12.0. The van der Waals surface area contributed by atoms with Gasteiger partial charge in [-0.1, -0.05) is 23.7 Å². The molecule has 5 nitrogen and oxygen atoms in total. The van der Waals surface area contributed by atoms with Gasteiger partial charge < -0.3 is 5.32 Å². The predicted octanol–water partition coefficient (Wildman–Crippen LogP) is 3.14. The molecule has 3 aromatic rings. The lowest BCUT2D eigenvalue weighted by molar-refractivity contribution is 0.0943. The summed E-state index contributed by atoms with van der Waals surface area (Å²) < 4.78 is 14.5. The van der Waals surface area contributed by atoms with Crippen LogP contribution in [-0.2, 0) is 13.1 Å². The van der Waals surface area contributed by atoms with Crippen molar-refractivity contribution in [2.45, 2.75) is 20.0 Å². The van der Waals surface area contributed by atoms with Crippen LogP contribution >= 0.6 is 11.6 Å². The molecule has 0 spiro atoms. The van der Waals surface area contributed by atoms with E-state index in [4.69, 9.17) is 11.6 Å². The Kier molecular flexibility index (Phi) is 4.81. The van der Waals surface area contributed by atoms with E-state index in [1.165, 1.54) is 18.2 Å². The standard InChI is InChI=1S/C18H15ClFN3O2/c1-2-23-15-8-5-12(19)9-14(15)17(24)16(22-23)18(25)21-10-11-3-6-13(20)7-4-11/h3-9H,2,10H2,1H3,(H,21,25). The SMILES string of the molecule is CCn1nc(C(=O)NCc2ccc(F)cc2)c(=O)c2cc(Cl)ccc21. The molecule has 0 saturated carbocycles. The van der Waals surface area contributed by atoms with Crippen molar-refractivity contribution < 1.29 is 9.18 Å². The first-order valence-electron chi connectivity index (χ1n) is 7.72. The van der Waals surface area contributed by atoms with Crippen LogP contribution in [0.25, 0.3) is 10.9 Å². The number of hydrogen-bond donors (Lipinski definition) is 1. The summed E-state index contributed by atoms with van der Waals surface area (Å²) in [5.41, 5.74) is 0.666. The molecule has 0 saturated heterocycles. The minimum absolute atomic E-state index is 0.167. The zero-order valence-corrected chi connectivity index (χ0v) is 14.2. The second-order valence-corrected chi connectivity index (χ2v) is 5.90. The number of hydrogen-bond acceptors (Lipinski definition) is 3. The molecule has 0 aliphatic carbocycles. The third-order valence-electron chi connectivity index (χ3n) is 3.80. The van der Waals surface area contributed by atoms with Gasteiger partial charge in [0.15, 0.2) is 5.69 Å². The topological polar surface area (TPSA) is 64.0 Å².